The van der Waals surface area contributed by atoms with E-state index < -0.39 is 0 Å². The average Bonchev–Trinajstić information content (AvgIpc) is 3.13. The maximum Gasteiger partial charge on any atom is 0.255 e. The number of aromatic nitrogens is 1. The van der Waals surface area contributed by atoms with Crippen LogP contribution in [0.25, 0.3) is 0 Å². The summed E-state index contributed by atoms with van der Waals surface area (Å²) < 4.78 is 10.6. The number of anilines is 3. The van der Waals surface area contributed by atoms with E-state index in [0.717, 1.165) is 11.3 Å². The SMILES string of the molecule is Cc1cccc(Nc2cc(C(=O)Nc3ccc4c(c3)OCO4)ccn2)c1C. The number of nitrogens with one attached hydrogen (secondary N) is 2. The quantitative estimate of drug-likeness (QED) is 0.719. The van der Waals surface area contributed by atoms with Crippen molar-refractivity contribution in [2.45, 2.75) is 13.8 Å². The summed E-state index contributed by atoms with van der Waals surface area (Å²) in [4.78, 5) is 16.9. The van der Waals surface area contributed by atoms with Crippen molar-refractivity contribution in [1.82, 2.24) is 4.98 Å². The van der Waals surface area contributed by atoms with Crippen LogP contribution in [0.15, 0.2) is 54.7 Å². The van der Waals surface area contributed by atoms with E-state index in [-0.39, 0.29) is 12.7 Å². The third-order valence-corrected chi connectivity index (χ3v) is 4.52. The van der Waals surface area contributed by atoms with Crippen molar-refractivity contribution in [3.05, 3.63) is 71.4 Å². The van der Waals surface area contributed by atoms with Gasteiger partial charge in [-0.15, -0.1) is 0 Å². The van der Waals surface area contributed by atoms with E-state index in [1.165, 1.54) is 5.56 Å². The van der Waals surface area contributed by atoms with E-state index in [2.05, 4.69) is 28.6 Å². The lowest BCUT2D eigenvalue weighted by molar-refractivity contribution is 0.102. The zero-order valence-corrected chi connectivity index (χ0v) is 15.1. The fourth-order valence-electron chi connectivity index (χ4n) is 2.84. The number of pyridine rings is 1. The highest BCUT2D eigenvalue weighted by Crippen LogP contribution is 2.34. The second kappa shape index (κ2) is 6.99. The highest BCUT2D eigenvalue weighted by Gasteiger charge is 2.15. The molecule has 0 atom stereocenters. The van der Waals surface area contributed by atoms with Gasteiger partial charge >= 0.3 is 0 Å². The number of hydrogen-bond acceptors (Lipinski definition) is 5. The predicted molar refractivity (Wildman–Crippen MR) is 104 cm³/mol. The molecule has 6 heteroatoms. The van der Waals surface area contributed by atoms with Gasteiger partial charge in [-0.25, -0.2) is 4.98 Å². The summed E-state index contributed by atoms with van der Waals surface area (Å²) in [5.74, 6) is 1.69. The molecule has 27 heavy (non-hydrogen) atoms. The fourth-order valence-corrected chi connectivity index (χ4v) is 2.84. The van der Waals surface area contributed by atoms with Crippen molar-refractivity contribution >= 4 is 23.1 Å². The molecule has 0 aliphatic carbocycles. The van der Waals surface area contributed by atoms with Gasteiger partial charge in [0, 0.05) is 29.2 Å². The van der Waals surface area contributed by atoms with E-state index in [9.17, 15) is 4.79 Å². The summed E-state index contributed by atoms with van der Waals surface area (Å²) in [6, 6.07) is 14.7. The smallest absolute Gasteiger partial charge is 0.255 e. The van der Waals surface area contributed by atoms with E-state index >= 15 is 0 Å². The molecule has 4 rings (SSSR count). The van der Waals surface area contributed by atoms with Crippen LogP contribution in [0.5, 0.6) is 11.5 Å². The van der Waals surface area contributed by atoms with Gasteiger partial charge in [0.1, 0.15) is 5.82 Å². The molecule has 1 aliphatic rings. The molecular weight excluding hydrogens is 342 g/mol. The Bertz CT molecular complexity index is 1020. The number of fused-ring (bicyclic) bond motifs is 1. The lowest BCUT2D eigenvalue weighted by Crippen LogP contribution is -2.12. The second-order valence-corrected chi connectivity index (χ2v) is 6.32. The molecule has 2 aromatic carbocycles. The van der Waals surface area contributed by atoms with Crippen LogP contribution in [0.1, 0.15) is 21.5 Å². The van der Waals surface area contributed by atoms with E-state index in [1.807, 2.05) is 19.1 Å². The van der Waals surface area contributed by atoms with Crippen molar-refractivity contribution in [2.24, 2.45) is 0 Å². The topological polar surface area (TPSA) is 72.5 Å². The largest absolute Gasteiger partial charge is 0.454 e. The Morgan fingerprint density at radius 3 is 2.78 bits per heavy atom. The van der Waals surface area contributed by atoms with Crippen molar-refractivity contribution in [1.29, 1.82) is 0 Å². The molecule has 0 unspecified atom stereocenters. The van der Waals surface area contributed by atoms with E-state index in [4.69, 9.17) is 9.47 Å². The molecule has 1 amide bonds. The van der Waals surface area contributed by atoms with Gasteiger partial charge < -0.3 is 20.1 Å². The summed E-state index contributed by atoms with van der Waals surface area (Å²) in [5, 5.41) is 6.15. The van der Waals surface area contributed by atoms with Gasteiger partial charge in [0.15, 0.2) is 11.5 Å². The highest BCUT2D eigenvalue weighted by molar-refractivity contribution is 6.04. The van der Waals surface area contributed by atoms with E-state index in [1.54, 1.807) is 36.5 Å². The van der Waals surface area contributed by atoms with Gasteiger partial charge in [0.05, 0.1) is 0 Å². The molecule has 2 N–H and O–H groups in total. The van der Waals surface area contributed by atoms with Crippen LogP contribution in [0.3, 0.4) is 0 Å². The van der Waals surface area contributed by atoms with Gasteiger partial charge in [0.25, 0.3) is 5.91 Å². The van der Waals surface area contributed by atoms with Gasteiger partial charge in [-0.05, 0) is 55.3 Å². The predicted octanol–water partition coefficient (Wildman–Crippen LogP) is 4.42. The van der Waals surface area contributed by atoms with Gasteiger partial charge in [-0.1, -0.05) is 12.1 Å². The summed E-state index contributed by atoms with van der Waals surface area (Å²) in [7, 11) is 0. The monoisotopic (exact) mass is 361 g/mol. The molecular formula is C21H19N3O3. The molecule has 0 fully saturated rings. The van der Waals surface area contributed by atoms with Crippen LogP contribution in [-0.2, 0) is 0 Å². The molecule has 2 heterocycles. The minimum atomic E-state index is -0.222. The Morgan fingerprint density at radius 2 is 1.89 bits per heavy atom. The fraction of sp³-hybridized carbons (Fsp3) is 0.143. The maximum atomic E-state index is 12.6. The molecule has 0 radical (unpaired) electrons. The molecule has 0 bridgehead atoms. The molecule has 1 aromatic heterocycles. The second-order valence-electron chi connectivity index (χ2n) is 6.32. The number of rotatable bonds is 4. The Hall–Kier alpha value is -3.54. The lowest BCUT2D eigenvalue weighted by atomic mass is 10.1. The third-order valence-electron chi connectivity index (χ3n) is 4.52. The summed E-state index contributed by atoms with van der Waals surface area (Å²) >= 11 is 0. The number of aryl methyl sites for hydroxylation is 1. The van der Waals surface area contributed by atoms with Crippen molar-refractivity contribution in [3.63, 3.8) is 0 Å². The normalized spacial score (nSPS) is 11.9. The van der Waals surface area contributed by atoms with Crippen LogP contribution < -0.4 is 20.1 Å². The Balaban J connectivity index is 1.51. The number of ether oxygens (including phenoxy) is 2. The van der Waals surface area contributed by atoms with Crippen LogP contribution in [0.2, 0.25) is 0 Å². The summed E-state index contributed by atoms with van der Waals surface area (Å²) in [6.07, 6.45) is 1.61. The molecule has 0 spiro atoms. The molecule has 136 valence electrons. The maximum absolute atomic E-state index is 12.6. The first-order valence-corrected chi connectivity index (χ1v) is 8.60. The van der Waals surface area contributed by atoms with Gasteiger partial charge in [-0.2, -0.15) is 0 Å². The summed E-state index contributed by atoms with van der Waals surface area (Å²) in [5.41, 5.74) is 4.46. The number of benzene rings is 2. The first-order valence-electron chi connectivity index (χ1n) is 8.60. The number of nitrogens with zero attached hydrogens (tertiary/aromatic N) is 1. The Morgan fingerprint density at radius 1 is 1.04 bits per heavy atom. The van der Waals surface area contributed by atoms with Gasteiger partial charge in [0.2, 0.25) is 6.79 Å². The number of amides is 1. The first kappa shape index (κ1) is 16.9. The van der Waals surface area contributed by atoms with Crippen molar-refractivity contribution < 1.29 is 14.3 Å². The molecule has 3 aromatic rings. The molecule has 0 saturated carbocycles. The number of carbonyl (C=O) groups is 1. The van der Waals surface area contributed by atoms with Crippen molar-refractivity contribution in [3.8, 4) is 11.5 Å². The van der Waals surface area contributed by atoms with E-state index in [0.29, 0.717) is 28.6 Å². The minimum Gasteiger partial charge on any atom is -0.454 e. The van der Waals surface area contributed by atoms with Crippen LogP contribution >= 0.6 is 0 Å². The standard InChI is InChI=1S/C21H19N3O3/c1-13-4-3-5-17(14(13)2)24-20-10-15(8-9-22-20)21(25)23-16-6-7-18-19(11-16)27-12-26-18/h3-11H,12H2,1-2H3,(H,22,24)(H,23,25). The van der Waals surface area contributed by atoms with Crippen molar-refractivity contribution in [2.75, 3.05) is 17.4 Å². The lowest BCUT2D eigenvalue weighted by Gasteiger charge is -2.12. The Labute approximate surface area is 157 Å². The van der Waals surface area contributed by atoms with Crippen LogP contribution in [0, 0.1) is 13.8 Å². The Kier molecular flexibility index (Phi) is 4.38. The number of carbonyl (C=O) groups excluding carboxylic acids is 1. The summed E-state index contributed by atoms with van der Waals surface area (Å²) in [6.45, 7) is 4.31. The average molecular weight is 361 g/mol. The molecule has 6 nitrogen and oxygen atoms in total. The van der Waals surface area contributed by atoms with Gasteiger partial charge in [-0.3, -0.25) is 4.79 Å². The first-order chi connectivity index (χ1) is 13.1. The highest BCUT2D eigenvalue weighted by atomic mass is 16.7. The van der Waals surface area contributed by atoms with Crippen LogP contribution in [-0.4, -0.2) is 17.7 Å². The third kappa shape index (κ3) is 3.55. The zero-order valence-electron chi connectivity index (χ0n) is 15.1. The molecule has 0 saturated heterocycles. The minimum absolute atomic E-state index is 0.199. The zero-order chi connectivity index (χ0) is 18.8. The molecule has 1 aliphatic heterocycles. The number of hydrogen-bond donors (Lipinski definition) is 2. The van der Waals surface area contributed by atoms with Crippen LogP contribution in [0.4, 0.5) is 17.2 Å².